The van der Waals surface area contributed by atoms with Gasteiger partial charge in [-0.15, -0.1) is 11.3 Å². The average molecular weight is 394 g/mol. The lowest BCUT2D eigenvalue weighted by atomic mass is 10.2. The smallest absolute Gasteiger partial charge is 0.331 e. The van der Waals surface area contributed by atoms with Gasteiger partial charge in [0.1, 0.15) is 0 Å². The Morgan fingerprint density at radius 3 is 2.69 bits per heavy atom. The number of ether oxygens (including phenoxy) is 2. The number of hydrogen-bond acceptors (Lipinski definition) is 5. The molecule has 0 bridgehead atoms. The van der Waals surface area contributed by atoms with Crippen LogP contribution in [0.2, 0.25) is 5.02 Å². The second-order valence-corrected chi connectivity index (χ2v) is 7.74. The van der Waals surface area contributed by atoms with E-state index in [-0.39, 0.29) is 24.7 Å². The summed E-state index contributed by atoms with van der Waals surface area (Å²) in [4.78, 5) is 26.6. The molecule has 1 aliphatic heterocycles. The Hall–Kier alpha value is -1.89. The van der Waals surface area contributed by atoms with Crippen LogP contribution in [0.15, 0.2) is 30.3 Å². The molecule has 2 heterocycles. The molecule has 26 heavy (non-hydrogen) atoms. The van der Waals surface area contributed by atoms with Crippen molar-refractivity contribution in [1.29, 1.82) is 0 Å². The Morgan fingerprint density at radius 2 is 2.00 bits per heavy atom. The topological polar surface area (TPSA) is 55.8 Å². The molecule has 0 N–H and O–H groups in total. The Kier molecular flexibility index (Phi) is 5.96. The van der Waals surface area contributed by atoms with E-state index in [2.05, 4.69) is 0 Å². The van der Waals surface area contributed by atoms with E-state index in [9.17, 15) is 9.59 Å². The van der Waals surface area contributed by atoms with Crippen LogP contribution in [0, 0.1) is 0 Å². The Labute approximate surface area is 161 Å². The van der Waals surface area contributed by atoms with E-state index in [1.165, 1.54) is 17.4 Å². The number of carbonyl (C=O) groups excluding carboxylic acids is 2. The number of halogens is 1. The fourth-order valence-electron chi connectivity index (χ4n) is 2.94. The van der Waals surface area contributed by atoms with Crippen LogP contribution in [-0.4, -0.2) is 48.7 Å². The number of nitrogens with zero attached hydrogens (tertiary/aromatic N) is 1. The molecule has 2 aromatic rings. The van der Waals surface area contributed by atoms with Gasteiger partial charge in [0, 0.05) is 34.1 Å². The van der Waals surface area contributed by atoms with Crippen molar-refractivity contribution < 1.29 is 19.1 Å². The third-order valence-corrected chi connectivity index (χ3v) is 5.70. The van der Waals surface area contributed by atoms with E-state index in [0.717, 1.165) is 15.0 Å². The van der Waals surface area contributed by atoms with Crippen molar-refractivity contribution >= 4 is 51.0 Å². The van der Waals surface area contributed by atoms with E-state index in [4.69, 9.17) is 21.1 Å². The second kappa shape index (κ2) is 8.20. The predicted molar refractivity (Wildman–Crippen MR) is 103 cm³/mol. The summed E-state index contributed by atoms with van der Waals surface area (Å²) in [6.45, 7) is 4.57. The van der Waals surface area contributed by atoms with Gasteiger partial charge < -0.3 is 14.4 Å². The van der Waals surface area contributed by atoms with Gasteiger partial charge in [0.25, 0.3) is 5.91 Å². The van der Waals surface area contributed by atoms with E-state index in [0.29, 0.717) is 18.1 Å². The van der Waals surface area contributed by atoms with Crippen molar-refractivity contribution in [3.63, 3.8) is 0 Å². The summed E-state index contributed by atoms with van der Waals surface area (Å²) in [5.74, 6) is -0.783. The Bertz CT molecular complexity index is 837. The molecule has 0 unspecified atom stereocenters. The molecule has 1 saturated heterocycles. The lowest BCUT2D eigenvalue weighted by Gasteiger charge is -2.35. The van der Waals surface area contributed by atoms with Gasteiger partial charge in [-0.25, -0.2) is 4.79 Å². The van der Waals surface area contributed by atoms with Crippen LogP contribution in [0.1, 0.15) is 18.7 Å². The van der Waals surface area contributed by atoms with Crippen LogP contribution in [0.25, 0.3) is 16.2 Å². The van der Waals surface area contributed by atoms with Crippen molar-refractivity contribution in [1.82, 2.24) is 4.90 Å². The maximum atomic E-state index is 12.2. The molecule has 0 saturated carbocycles. The number of thiophene rings is 1. The average Bonchev–Trinajstić information content (AvgIpc) is 2.93. The van der Waals surface area contributed by atoms with Crippen LogP contribution < -0.4 is 0 Å². The number of fused-ring (bicyclic) bond motifs is 1. The minimum Gasteiger partial charge on any atom is -0.452 e. The van der Waals surface area contributed by atoms with Crippen LogP contribution in [0.5, 0.6) is 0 Å². The lowest BCUT2D eigenvalue weighted by Crippen LogP contribution is -2.49. The van der Waals surface area contributed by atoms with Gasteiger partial charge in [-0.3, -0.25) is 4.79 Å². The third-order valence-electron chi connectivity index (χ3n) is 4.04. The number of carbonyl (C=O) groups is 2. The maximum Gasteiger partial charge on any atom is 0.331 e. The predicted octanol–water partition coefficient (Wildman–Crippen LogP) is 3.75. The highest BCUT2D eigenvalue weighted by atomic mass is 35.5. The van der Waals surface area contributed by atoms with E-state index in [1.54, 1.807) is 11.0 Å². The van der Waals surface area contributed by atoms with Gasteiger partial charge in [-0.05, 0) is 26.0 Å². The van der Waals surface area contributed by atoms with Crippen molar-refractivity contribution in [2.45, 2.75) is 26.1 Å². The Morgan fingerprint density at radius 1 is 1.31 bits per heavy atom. The largest absolute Gasteiger partial charge is 0.452 e. The summed E-state index contributed by atoms with van der Waals surface area (Å²) < 4.78 is 11.7. The van der Waals surface area contributed by atoms with Crippen LogP contribution in [-0.2, 0) is 19.1 Å². The molecular weight excluding hydrogens is 374 g/mol. The van der Waals surface area contributed by atoms with Gasteiger partial charge >= 0.3 is 5.97 Å². The number of rotatable bonds is 4. The van der Waals surface area contributed by atoms with Crippen molar-refractivity contribution in [2.75, 3.05) is 19.7 Å². The molecule has 1 aromatic heterocycles. The molecule has 0 radical (unpaired) electrons. The van der Waals surface area contributed by atoms with E-state index < -0.39 is 5.97 Å². The number of hydrogen-bond donors (Lipinski definition) is 0. The maximum absolute atomic E-state index is 12.2. The summed E-state index contributed by atoms with van der Waals surface area (Å²) in [6.07, 6.45) is 2.88. The highest BCUT2D eigenvalue weighted by Gasteiger charge is 2.26. The van der Waals surface area contributed by atoms with Crippen molar-refractivity contribution in [3.05, 3.63) is 40.2 Å². The zero-order chi connectivity index (χ0) is 18.7. The molecular formula is C19H20ClNO4S. The molecule has 1 amide bonds. The van der Waals surface area contributed by atoms with Crippen LogP contribution >= 0.6 is 22.9 Å². The number of morpholine rings is 1. The highest BCUT2D eigenvalue weighted by Crippen LogP contribution is 2.35. The van der Waals surface area contributed by atoms with Crippen molar-refractivity contribution in [3.8, 4) is 0 Å². The molecule has 0 spiro atoms. The standard InChI is InChI=1S/C19H20ClNO4S/c1-12-9-21(10-13(2)25-12)17(22)11-24-18(23)8-7-16-19(20)14-5-3-4-6-15(14)26-16/h3-8,12-13H,9-11H2,1-2H3/b8-7+/t12-,13-/m1/s1. The summed E-state index contributed by atoms with van der Waals surface area (Å²) in [7, 11) is 0. The quantitative estimate of drug-likeness (QED) is 0.586. The zero-order valence-corrected chi connectivity index (χ0v) is 16.2. The first kappa shape index (κ1) is 18.9. The van der Waals surface area contributed by atoms with Crippen LogP contribution in [0.4, 0.5) is 0 Å². The fraction of sp³-hybridized carbons (Fsp3) is 0.368. The first-order valence-electron chi connectivity index (χ1n) is 8.39. The molecule has 5 nitrogen and oxygen atoms in total. The van der Waals surface area contributed by atoms with Gasteiger partial charge in [0.15, 0.2) is 6.61 Å². The van der Waals surface area contributed by atoms with Gasteiger partial charge in [0.2, 0.25) is 0 Å². The summed E-state index contributed by atoms with van der Waals surface area (Å²) in [5.41, 5.74) is 0. The molecule has 7 heteroatoms. The second-order valence-electron chi connectivity index (χ2n) is 6.27. The molecule has 3 rings (SSSR count). The van der Waals surface area contributed by atoms with Crippen LogP contribution in [0.3, 0.4) is 0 Å². The van der Waals surface area contributed by atoms with Gasteiger partial charge in [0.05, 0.1) is 17.2 Å². The summed E-state index contributed by atoms with van der Waals surface area (Å²) in [5, 5.41) is 1.57. The van der Waals surface area contributed by atoms with E-state index >= 15 is 0 Å². The molecule has 1 fully saturated rings. The summed E-state index contributed by atoms with van der Waals surface area (Å²) in [6, 6.07) is 7.77. The first-order valence-corrected chi connectivity index (χ1v) is 9.58. The fourth-order valence-corrected chi connectivity index (χ4v) is 4.34. The summed E-state index contributed by atoms with van der Waals surface area (Å²) >= 11 is 7.83. The minimum absolute atomic E-state index is 0.0200. The third kappa shape index (κ3) is 4.44. The molecule has 0 aliphatic carbocycles. The monoisotopic (exact) mass is 393 g/mol. The first-order chi connectivity index (χ1) is 12.4. The molecule has 138 valence electrons. The highest BCUT2D eigenvalue weighted by molar-refractivity contribution is 7.20. The molecule has 1 aliphatic rings. The molecule has 2 atom stereocenters. The normalized spacial score (nSPS) is 20.7. The lowest BCUT2D eigenvalue weighted by molar-refractivity contribution is -0.154. The van der Waals surface area contributed by atoms with E-state index in [1.807, 2.05) is 38.1 Å². The van der Waals surface area contributed by atoms with Gasteiger partial charge in [-0.2, -0.15) is 0 Å². The SMILES string of the molecule is C[C@@H]1CN(C(=O)COC(=O)/C=C/c2sc3ccccc3c2Cl)C[C@@H](C)O1. The molecule has 1 aromatic carbocycles. The Balaban J connectivity index is 1.55. The zero-order valence-electron chi connectivity index (χ0n) is 14.6. The van der Waals surface area contributed by atoms with Gasteiger partial charge in [-0.1, -0.05) is 29.8 Å². The van der Waals surface area contributed by atoms with Crippen molar-refractivity contribution in [2.24, 2.45) is 0 Å². The number of esters is 1. The number of benzene rings is 1. The minimum atomic E-state index is -0.568. The number of amides is 1.